The smallest absolute Gasteiger partial charge is 0.293 e. The van der Waals surface area contributed by atoms with Gasteiger partial charge < -0.3 is 14.5 Å². The molecule has 2 fully saturated rings. The van der Waals surface area contributed by atoms with Crippen molar-refractivity contribution in [3.63, 3.8) is 0 Å². The fourth-order valence-corrected chi connectivity index (χ4v) is 13.8. The third-order valence-electron chi connectivity index (χ3n) is 9.74. The minimum Gasteiger partial charge on any atom is -0.355 e. The van der Waals surface area contributed by atoms with E-state index in [4.69, 9.17) is 4.98 Å². The second kappa shape index (κ2) is 11.2. The van der Waals surface area contributed by atoms with E-state index in [1.54, 1.807) is 13.6 Å². The first-order valence-corrected chi connectivity index (χ1v) is 18.0. The molecule has 0 aliphatic carbocycles. The summed E-state index contributed by atoms with van der Waals surface area (Å²) in [6.07, 6.45) is 3.61. The van der Waals surface area contributed by atoms with Crippen molar-refractivity contribution in [3.8, 4) is 22.7 Å². The van der Waals surface area contributed by atoms with Crippen molar-refractivity contribution in [1.82, 2.24) is 14.2 Å². The number of nitrogens with zero attached hydrogens (tertiary/aromatic N) is 4. The number of carbonyl (C=O) groups excluding carboxylic acids is 1. The Kier molecular flexibility index (Phi) is 7.75. The third kappa shape index (κ3) is 4.50. The van der Waals surface area contributed by atoms with E-state index < -0.39 is 8.07 Å². The molecule has 2 aromatic heterocycles. The highest BCUT2D eigenvalue weighted by molar-refractivity contribution is 7.11. The molecule has 1 radical (unpaired) electrons. The molecule has 2 aromatic carbocycles. The van der Waals surface area contributed by atoms with E-state index in [1.165, 1.54) is 11.5 Å². The van der Waals surface area contributed by atoms with Gasteiger partial charge in [0.15, 0.2) is 5.82 Å². The highest BCUT2D eigenvalue weighted by atomic mass is 32.1. The number of aromatic nitrogens is 2. The number of benzene rings is 2. The first kappa shape index (κ1) is 29.0. The van der Waals surface area contributed by atoms with Crippen molar-refractivity contribution >= 4 is 59.9 Å². The van der Waals surface area contributed by atoms with Gasteiger partial charge in [0.05, 0.1) is 11.6 Å². The normalized spacial score (nSPS) is 19.0. The Bertz CT molecular complexity index is 1700. The van der Waals surface area contributed by atoms with Gasteiger partial charge in [-0.25, -0.2) is 4.39 Å². The van der Waals surface area contributed by atoms with E-state index in [0.29, 0.717) is 39.9 Å². The molecule has 42 heavy (non-hydrogen) atoms. The second-order valence-corrected chi connectivity index (χ2v) is 19.0. The van der Waals surface area contributed by atoms with Crippen molar-refractivity contribution in [1.29, 1.82) is 0 Å². The van der Waals surface area contributed by atoms with Crippen LogP contribution in [-0.2, 0) is 4.79 Å². The minimum atomic E-state index is -1.95. The van der Waals surface area contributed by atoms with E-state index in [1.807, 2.05) is 18.2 Å². The minimum absolute atomic E-state index is 0.310. The van der Waals surface area contributed by atoms with Crippen LogP contribution in [0.1, 0.15) is 53.5 Å². The lowest BCUT2D eigenvalue weighted by Gasteiger charge is -2.47. The van der Waals surface area contributed by atoms with Crippen LogP contribution in [0.25, 0.3) is 32.9 Å². The van der Waals surface area contributed by atoms with Gasteiger partial charge in [-0.1, -0.05) is 77.8 Å². The summed E-state index contributed by atoms with van der Waals surface area (Å²) < 4.78 is 20.9. The molecule has 2 aliphatic heterocycles. The fourth-order valence-electron chi connectivity index (χ4n) is 7.65. The van der Waals surface area contributed by atoms with Crippen LogP contribution in [-0.4, -0.2) is 61.0 Å². The number of halogens is 1. The molecule has 0 bridgehead atoms. The molecule has 215 valence electrons. The highest BCUT2D eigenvalue weighted by Gasteiger charge is 2.47. The van der Waals surface area contributed by atoms with Crippen LogP contribution in [0, 0.1) is 17.3 Å². The van der Waals surface area contributed by atoms with Crippen molar-refractivity contribution in [2.24, 2.45) is 0 Å². The monoisotopic (exact) mass is 595 g/mol. The summed E-state index contributed by atoms with van der Waals surface area (Å²) in [7, 11) is -0.314. The standard InChI is InChI=1S/C33H37BFN4OSSi/c1-20(2)42(21(3)4,22(5)6)16-14-24-10-7-9-23-11-8-12-25(29(23)24)31-30(35)32-26(17-36-31)33(41-37-32)38-18-28-27(38)13-15-39(28)34-19-40/h7-12,17,19-22,27-28H,13,15,18H2,1-6H3/t27-,28-/m1/s1. The second-order valence-electron chi connectivity index (χ2n) is 12.6. The summed E-state index contributed by atoms with van der Waals surface area (Å²) in [5.74, 6) is 3.23. The highest BCUT2D eigenvalue weighted by Crippen LogP contribution is 2.44. The van der Waals surface area contributed by atoms with Gasteiger partial charge in [-0.2, -0.15) is 4.37 Å². The zero-order chi connectivity index (χ0) is 29.8. The predicted molar refractivity (Wildman–Crippen MR) is 177 cm³/mol. The Morgan fingerprint density at radius 1 is 1.07 bits per heavy atom. The van der Waals surface area contributed by atoms with Gasteiger partial charge in [-0.3, -0.25) is 4.98 Å². The molecular formula is C33H37BFN4OSSi. The van der Waals surface area contributed by atoms with Crippen LogP contribution < -0.4 is 4.90 Å². The molecule has 0 N–H and O–H groups in total. The number of carbonyl (C=O) groups is 1. The molecule has 4 aromatic rings. The average molecular weight is 596 g/mol. The largest absolute Gasteiger partial charge is 0.355 e. The van der Waals surface area contributed by atoms with Gasteiger partial charge in [0.2, 0.25) is 0 Å². The van der Waals surface area contributed by atoms with E-state index in [2.05, 4.69) is 85.3 Å². The molecule has 2 atom stereocenters. The van der Waals surface area contributed by atoms with E-state index >= 15 is 4.39 Å². The van der Waals surface area contributed by atoms with Crippen LogP contribution in [0.3, 0.4) is 0 Å². The van der Waals surface area contributed by atoms with Crippen LogP contribution in [0.4, 0.5) is 9.39 Å². The molecule has 5 nitrogen and oxygen atoms in total. The van der Waals surface area contributed by atoms with Gasteiger partial charge in [-0.15, -0.1) is 5.54 Å². The maximum absolute atomic E-state index is 16.3. The van der Waals surface area contributed by atoms with Crippen molar-refractivity contribution in [2.75, 3.05) is 18.0 Å². The molecule has 0 saturated carbocycles. The summed E-state index contributed by atoms with van der Waals surface area (Å²) >= 11 is 1.33. The zero-order valence-electron chi connectivity index (χ0n) is 25.2. The number of hydrogen-bond donors (Lipinski definition) is 0. The topological polar surface area (TPSA) is 49.3 Å². The first-order chi connectivity index (χ1) is 20.2. The molecule has 9 heteroatoms. The Labute approximate surface area is 254 Å². The van der Waals surface area contributed by atoms with Gasteiger partial charge in [0, 0.05) is 41.3 Å². The van der Waals surface area contributed by atoms with Crippen LogP contribution in [0.15, 0.2) is 42.6 Å². The van der Waals surface area contributed by atoms with E-state index in [0.717, 1.165) is 58.0 Å². The van der Waals surface area contributed by atoms with Gasteiger partial charge in [-0.05, 0) is 52.6 Å². The first-order valence-electron chi connectivity index (χ1n) is 15.0. The molecule has 2 saturated heterocycles. The number of hydrogen-bond acceptors (Lipinski definition) is 6. The van der Waals surface area contributed by atoms with Crippen LogP contribution >= 0.6 is 11.5 Å². The van der Waals surface area contributed by atoms with Crippen molar-refractivity contribution in [2.45, 2.75) is 76.7 Å². The Morgan fingerprint density at radius 3 is 2.48 bits per heavy atom. The lowest BCUT2D eigenvalue weighted by molar-refractivity contribution is 0.309. The number of anilines is 1. The summed E-state index contributed by atoms with van der Waals surface area (Å²) in [6, 6.07) is 12.8. The summed E-state index contributed by atoms with van der Waals surface area (Å²) in [4.78, 5) is 20.1. The van der Waals surface area contributed by atoms with Crippen molar-refractivity contribution < 1.29 is 9.18 Å². The SMILES string of the molecule is CC(C)[Si](C#Cc1cccc2cccc(-c3ncc4c(N5C[C@@H]6[C@H]5CCN6[B]C=O)snc4c3F)c12)(C(C)C)C(C)C. The maximum atomic E-state index is 16.3. The lowest BCUT2D eigenvalue weighted by Crippen LogP contribution is -2.62. The number of pyridine rings is 1. The fraction of sp³-hybridized carbons (Fsp3) is 0.424. The van der Waals surface area contributed by atoms with Crippen molar-refractivity contribution in [3.05, 3.63) is 54.0 Å². The Balaban J connectivity index is 1.42. The van der Waals surface area contributed by atoms with Crippen LogP contribution in [0.2, 0.25) is 16.6 Å². The molecule has 0 unspecified atom stereocenters. The molecule has 2 aliphatic rings. The zero-order valence-corrected chi connectivity index (χ0v) is 27.0. The summed E-state index contributed by atoms with van der Waals surface area (Å²) in [5.41, 5.74) is 7.78. The average Bonchev–Trinajstić information content (AvgIpc) is 3.50. The van der Waals surface area contributed by atoms with Gasteiger partial charge >= 0.3 is 0 Å². The molecule has 0 spiro atoms. The summed E-state index contributed by atoms with van der Waals surface area (Å²) in [5, 5.41) is 3.67. The quantitative estimate of drug-likeness (QED) is 0.128. The molecule has 6 rings (SSSR count). The predicted octanol–water partition coefficient (Wildman–Crippen LogP) is 7.29. The van der Waals surface area contributed by atoms with E-state index in [9.17, 15) is 4.79 Å². The molecule has 0 amide bonds. The van der Waals surface area contributed by atoms with Gasteiger partial charge in [0.1, 0.15) is 24.3 Å². The number of rotatable bonds is 7. The van der Waals surface area contributed by atoms with Gasteiger partial charge in [0.25, 0.3) is 7.41 Å². The molecular weight excluding hydrogens is 558 g/mol. The molecule has 4 heterocycles. The van der Waals surface area contributed by atoms with E-state index in [-0.39, 0.29) is 5.82 Å². The Morgan fingerprint density at radius 2 is 1.79 bits per heavy atom. The lowest BCUT2D eigenvalue weighted by atomic mass is 9.89. The van der Waals surface area contributed by atoms with Crippen LogP contribution in [0.5, 0.6) is 0 Å². The Hall–Kier alpha value is -3.06. The maximum Gasteiger partial charge on any atom is 0.293 e. The number of fused-ring (bicyclic) bond motifs is 3. The third-order valence-corrected chi connectivity index (χ3v) is 16.9. The summed E-state index contributed by atoms with van der Waals surface area (Å²) in [6.45, 7) is 15.6.